The van der Waals surface area contributed by atoms with Gasteiger partial charge in [0.15, 0.2) is 5.82 Å². The van der Waals surface area contributed by atoms with Crippen molar-refractivity contribution in [3.63, 3.8) is 0 Å². The van der Waals surface area contributed by atoms with Gasteiger partial charge in [-0.25, -0.2) is 0 Å². The van der Waals surface area contributed by atoms with Crippen molar-refractivity contribution < 1.29 is 4.79 Å². The third kappa shape index (κ3) is 2.45. The van der Waals surface area contributed by atoms with Crippen LogP contribution >= 0.6 is 11.3 Å². The number of carbonyl (C=O) groups is 1. The maximum Gasteiger partial charge on any atom is 0.291 e. The highest BCUT2D eigenvalue weighted by atomic mass is 32.1. The molecule has 1 aromatic carbocycles. The number of aromatic nitrogens is 3. The van der Waals surface area contributed by atoms with Crippen molar-refractivity contribution in [2.24, 2.45) is 0 Å². The molecule has 2 heterocycles. The topological polar surface area (TPSA) is 73.8 Å². The molecule has 0 spiro atoms. The molecule has 2 aromatic heterocycles. The highest BCUT2D eigenvalue weighted by Crippen LogP contribution is 2.21. The van der Waals surface area contributed by atoms with Crippen LogP contribution in [0.5, 0.6) is 0 Å². The number of nitrogen functional groups attached to an aromatic ring is 1. The molecule has 0 radical (unpaired) electrons. The quantitative estimate of drug-likeness (QED) is 0.789. The van der Waals surface area contributed by atoms with Crippen LogP contribution in [-0.4, -0.2) is 20.7 Å². The molecule has 0 aliphatic rings. The largest absolute Gasteiger partial charge is 0.368 e. The van der Waals surface area contributed by atoms with Crippen molar-refractivity contribution in [1.29, 1.82) is 0 Å². The van der Waals surface area contributed by atoms with Crippen LogP contribution in [0.1, 0.15) is 20.8 Å². The minimum atomic E-state index is -0.259. The van der Waals surface area contributed by atoms with Gasteiger partial charge < -0.3 is 5.73 Å². The average Bonchev–Trinajstić information content (AvgIpc) is 3.10. The Hall–Kier alpha value is -2.47. The molecule has 0 unspecified atom stereocenters. The Labute approximate surface area is 126 Å². The molecule has 0 fully saturated rings. The number of benzene rings is 1. The van der Waals surface area contributed by atoms with Crippen molar-refractivity contribution in [2.75, 3.05) is 5.73 Å². The third-order valence-electron chi connectivity index (χ3n) is 3.32. The predicted octanol–water partition coefficient (Wildman–Crippen LogP) is 2.89. The number of rotatable bonds is 2. The van der Waals surface area contributed by atoms with E-state index in [0.29, 0.717) is 10.7 Å². The van der Waals surface area contributed by atoms with Crippen molar-refractivity contribution in [3.05, 3.63) is 51.7 Å². The van der Waals surface area contributed by atoms with Gasteiger partial charge in [-0.2, -0.15) is 9.67 Å². The molecule has 0 saturated heterocycles. The van der Waals surface area contributed by atoms with E-state index in [1.54, 1.807) is 6.07 Å². The zero-order valence-electron chi connectivity index (χ0n) is 11.7. The summed E-state index contributed by atoms with van der Waals surface area (Å²) in [5.74, 6) is 0.298. The van der Waals surface area contributed by atoms with E-state index >= 15 is 0 Å². The molecule has 21 heavy (non-hydrogen) atoms. The minimum absolute atomic E-state index is 0.0987. The van der Waals surface area contributed by atoms with Gasteiger partial charge in [0, 0.05) is 5.56 Å². The van der Waals surface area contributed by atoms with Gasteiger partial charge in [0.2, 0.25) is 5.95 Å². The van der Waals surface area contributed by atoms with Gasteiger partial charge in [-0.1, -0.05) is 18.2 Å². The molecule has 106 valence electrons. The summed E-state index contributed by atoms with van der Waals surface area (Å²) in [6.45, 7) is 4.07. The fraction of sp³-hybridized carbons (Fsp3) is 0.133. The van der Waals surface area contributed by atoms with Crippen LogP contribution in [0.3, 0.4) is 0 Å². The molecule has 0 aliphatic heterocycles. The average molecular weight is 298 g/mol. The second kappa shape index (κ2) is 5.14. The van der Waals surface area contributed by atoms with Crippen LogP contribution < -0.4 is 5.73 Å². The van der Waals surface area contributed by atoms with Crippen molar-refractivity contribution in [1.82, 2.24) is 14.8 Å². The molecule has 5 nitrogen and oxygen atoms in total. The molecule has 0 aliphatic carbocycles. The number of nitrogens with two attached hydrogens (primary N) is 1. The number of thiophene rings is 1. The van der Waals surface area contributed by atoms with Crippen molar-refractivity contribution in [2.45, 2.75) is 13.8 Å². The van der Waals surface area contributed by atoms with Gasteiger partial charge in [0.25, 0.3) is 5.91 Å². The molecule has 0 saturated carbocycles. The molecule has 2 N–H and O–H groups in total. The Balaban J connectivity index is 2.01. The summed E-state index contributed by atoms with van der Waals surface area (Å²) in [5, 5.41) is 6.08. The van der Waals surface area contributed by atoms with Gasteiger partial charge >= 0.3 is 0 Å². The van der Waals surface area contributed by atoms with Gasteiger partial charge in [0.05, 0.1) is 4.88 Å². The maximum absolute atomic E-state index is 12.3. The van der Waals surface area contributed by atoms with Gasteiger partial charge in [0.1, 0.15) is 0 Å². The lowest BCUT2D eigenvalue weighted by Crippen LogP contribution is -2.15. The molecule has 0 bridgehead atoms. The summed E-state index contributed by atoms with van der Waals surface area (Å²) in [6, 6.07) is 9.48. The summed E-state index contributed by atoms with van der Waals surface area (Å²) in [5.41, 5.74) is 9.02. The Morgan fingerprint density at radius 3 is 2.71 bits per heavy atom. The van der Waals surface area contributed by atoms with Crippen molar-refractivity contribution in [3.8, 4) is 11.4 Å². The van der Waals surface area contributed by atoms with Crippen LogP contribution in [-0.2, 0) is 0 Å². The van der Waals surface area contributed by atoms with Crippen molar-refractivity contribution >= 4 is 23.2 Å². The highest BCUT2D eigenvalue weighted by molar-refractivity contribution is 7.12. The SMILES string of the molecule is Cc1ccc(-c2nc(N)n(C(=O)c3cccs3)n2)cc1C. The Morgan fingerprint density at radius 2 is 2.05 bits per heavy atom. The Bertz CT molecular complexity index is 805. The molecular weight excluding hydrogens is 284 g/mol. The highest BCUT2D eigenvalue weighted by Gasteiger charge is 2.17. The number of nitrogens with zero attached hydrogens (tertiary/aromatic N) is 3. The third-order valence-corrected chi connectivity index (χ3v) is 4.18. The molecule has 3 rings (SSSR count). The maximum atomic E-state index is 12.3. The van der Waals surface area contributed by atoms with E-state index in [-0.39, 0.29) is 11.9 Å². The second-order valence-electron chi connectivity index (χ2n) is 4.79. The van der Waals surface area contributed by atoms with E-state index in [4.69, 9.17) is 5.73 Å². The number of aryl methyl sites for hydroxylation is 2. The van der Waals surface area contributed by atoms with E-state index in [9.17, 15) is 4.79 Å². The Morgan fingerprint density at radius 1 is 1.24 bits per heavy atom. The van der Waals surface area contributed by atoms with Crippen LogP contribution in [0.25, 0.3) is 11.4 Å². The minimum Gasteiger partial charge on any atom is -0.368 e. The zero-order chi connectivity index (χ0) is 15.0. The first-order valence-corrected chi connectivity index (χ1v) is 7.32. The number of hydrogen-bond donors (Lipinski definition) is 1. The first-order chi connectivity index (χ1) is 10.1. The lowest BCUT2D eigenvalue weighted by atomic mass is 10.1. The fourth-order valence-corrected chi connectivity index (χ4v) is 2.63. The van der Waals surface area contributed by atoms with E-state index in [1.807, 2.05) is 43.5 Å². The van der Waals surface area contributed by atoms with Crippen LogP contribution in [0.15, 0.2) is 35.7 Å². The van der Waals surface area contributed by atoms with E-state index in [0.717, 1.165) is 15.8 Å². The van der Waals surface area contributed by atoms with Crippen LogP contribution in [0, 0.1) is 13.8 Å². The number of carbonyl (C=O) groups excluding carboxylic acids is 1. The zero-order valence-corrected chi connectivity index (χ0v) is 12.5. The number of hydrogen-bond acceptors (Lipinski definition) is 5. The number of anilines is 1. The van der Waals surface area contributed by atoms with E-state index in [2.05, 4.69) is 10.1 Å². The monoisotopic (exact) mass is 298 g/mol. The first kappa shape index (κ1) is 13.5. The first-order valence-electron chi connectivity index (χ1n) is 6.44. The second-order valence-corrected chi connectivity index (χ2v) is 5.73. The lowest BCUT2D eigenvalue weighted by Gasteiger charge is -2.01. The van der Waals surface area contributed by atoms with Gasteiger partial charge in [-0.05, 0) is 42.5 Å². The summed E-state index contributed by atoms with van der Waals surface area (Å²) < 4.78 is 1.15. The molecule has 6 heteroatoms. The Kier molecular flexibility index (Phi) is 3.31. The summed E-state index contributed by atoms with van der Waals surface area (Å²) >= 11 is 1.35. The smallest absolute Gasteiger partial charge is 0.291 e. The lowest BCUT2D eigenvalue weighted by molar-refractivity contribution is 0.0952. The standard InChI is InChI=1S/C15H14N4OS/c1-9-5-6-11(8-10(9)2)13-17-15(16)19(18-13)14(20)12-4-3-7-21-12/h3-8H,1-2H3,(H2,16,17,18). The normalized spacial score (nSPS) is 10.8. The van der Waals surface area contributed by atoms with Gasteiger partial charge in [-0.15, -0.1) is 16.4 Å². The van der Waals surface area contributed by atoms with E-state index in [1.165, 1.54) is 16.9 Å². The fourth-order valence-electron chi connectivity index (χ4n) is 1.98. The van der Waals surface area contributed by atoms with Gasteiger partial charge in [-0.3, -0.25) is 4.79 Å². The molecule has 0 atom stereocenters. The van der Waals surface area contributed by atoms with E-state index < -0.39 is 0 Å². The van der Waals surface area contributed by atoms with Crippen LogP contribution in [0.2, 0.25) is 0 Å². The molecule has 0 amide bonds. The molecule has 3 aromatic rings. The predicted molar refractivity (Wildman–Crippen MR) is 83.4 cm³/mol. The summed E-state index contributed by atoms with van der Waals surface area (Å²) in [4.78, 5) is 17.1. The summed E-state index contributed by atoms with van der Waals surface area (Å²) in [6.07, 6.45) is 0. The summed E-state index contributed by atoms with van der Waals surface area (Å²) in [7, 11) is 0. The molecular formula is C15H14N4OS. The van der Waals surface area contributed by atoms with Crippen LogP contribution in [0.4, 0.5) is 5.95 Å².